The number of benzene rings is 2. The maximum absolute atomic E-state index is 14.6. The first-order chi connectivity index (χ1) is 23.0. The Balaban J connectivity index is 2.01. The van der Waals surface area contributed by atoms with Crippen molar-refractivity contribution in [3.63, 3.8) is 0 Å². The van der Waals surface area contributed by atoms with Gasteiger partial charge in [0.15, 0.2) is 14.4 Å². The lowest BCUT2D eigenvalue weighted by Gasteiger charge is -2.42. The van der Waals surface area contributed by atoms with Gasteiger partial charge in [0.25, 0.3) is 5.56 Å². The lowest BCUT2D eigenvalue weighted by molar-refractivity contribution is -0.210. The number of hydrogen-bond acceptors (Lipinski definition) is 6. The third-order valence-corrected chi connectivity index (χ3v) is 12.9. The van der Waals surface area contributed by atoms with E-state index in [0.29, 0.717) is 11.3 Å². The van der Waals surface area contributed by atoms with Gasteiger partial charge >= 0.3 is 12.3 Å². The van der Waals surface area contributed by atoms with E-state index in [2.05, 4.69) is 10.6 Å². The van der Waals surface area contributed by atoms with Crippen LogP contribution in [-0.2, 0) is 27.1 Å². The molecule has 0 fully saturated rings. The minimum atomic E-state index is -4.78. The summed E-state index contributed by atoms with van der Waals surface area (Å²) in [7, 11) is -2.94. The van der Waals surface area contributed by atoms with Gasteiger partial charge in [-0.25, -0.2) is 4.79 Å². The third-order valence-electron chi connectivity index (χ3n) is 8.40. The minimum absolute atomic E-state index is 0.0458. The summed E-state index contributed by atoms with van der Waals surface area (Å²) in [5.74, 6) is -1.02. The second-order valence-electron chi connectivity index (χ2n) is 15.1. The molecule has 3 aromatic rings. The number of pyridine rings is 1. The van der Waals surface area contributed by atoms with Crippen LogP contribution >= 0.6 is 0 Å². The standard InChI is InChI=1S/C37H50F3N3O6Si/c1-24(2)31(32(37(38,39)40)49-50(9,10)36(6,7)8)42-30(44)22-43-29(26-17-14-18-27(21-26)48-35(3,4)5)20-19-28(33(43)45)41-34(46)47-23-25-15-12-11-13-16-25/h11-21,24,31-32H,22-23H2,1-10H3,(H,41,46)(H,42,44). The Morgan fingerprint density at radius 2 is 1.54 bits per heavy atom. The minimum Gasteiger partial charge on any atom is -0.488 e. The molecule has 0 aliphatic carbocycles. The number of amides is 2. The van der Waals surface area contributed by atoms with E-state index in [1.165, 1.54) is 12.1 Å². The Morgan fingerprint density at radius 1 is 0.900 bits per heavy atom. The zero-order valence-electron chi connectivity index (χ0n) is 30.5. The molecule has 2 unspecified atom stereocenters. The Hall–Kier alpha value is -4.10. The van der Waals surface area contributed by atoms with Gasteiger partial charge in [-0.1, -0.05) is 77.1 Å². The van der Waals surface area contributed by atoms with Gasteiger partial charge in [0.05, 0.1) is 11.7 Å². The summed E-state index contributed by atoms with van der Waals surface area (Å²) < 4.78 is 62.1. The molecule has 0 aliphatic rings. The highest BCUT2D eigenvalue weighted by atomic mass is 28.4. The van der Waals surface area contributed by atoms with Gasteiger partial charge in [-0.2, -0.15) is 13.2 Å². The average molecular weight is 718 g/mol. The number of ether oxygens (including phenoxy) is 2. The predicted octanol–water partition coefficient (Wildman–Crippen LogP) is 8.53. The van der Waals surface area contributed by atoms with Crippen LogP contribution in [-0.4, -0.2) is 48.8 Å². The van der Waals surface area contributed by atoms with Crippen molar-refractivity contribution in [1.82, 2.24) is 9.88 Å². The van der Waals surface area contributed by atoms with Crippen LogP contribution in [0.5, 0.6) is 5.75 Å². The Kier molecular flexibility index (Phi) is 12.8. The Morgan fingerprint density at radius 3 is 2.10 bits per heavy atom. The highest BCUT2D eigenvalue weighted by Crippen LogP contribution is 2.41. The van der Waals surface area contributed by atoms with Gasteiger partial charge < -0.3 is 19.2 Å². The summed E-state index contributed by atoms with van der Waals surface area (Å²) in [6.07, 6.45) is -7.95. The van der Waals surface area contributed by atoms with Crippen LogP contribution in [0.15, 0.2) is 71.5 Å². The molecule has 2 amide bonds. The molecular weight excluding hydrogens is 668 g/mol. The summed E-state index contributed by atoms with van der Waals surface area (Å²) in [5, 5.41) is 4.45. The molecule has 13 heteroatoms. The molecule has 50 heavy (non-hydrogen) atoms. The first-order valence-electron chi connectivity index (χ1n) is 16.5. The van der Waals surface area contributed by atoms with E-state index < -0.39 is 67.3 Å². The topological polar surface area (TPSA) is 108 Å². The molecule has 0 bridgehead atoms. The fourth-order valence-electron chi connectivity index (χ4n) is 4.83. The van der Waals surface area contributed by atoms with Crippen LogP contribution in [0.1, 0.15) is 61.0 Å². The number of halogens is 3. The molecule has 3 rings (SSSR count). The van der Waals surface area contributed by atoms with Crippen LogP contribution in [0.4, 0.5) is 23.7 Å². The van der Waals surface area contributed by atoms with Gasteiger partial charge in [-0.05, 0) is 74.7 Å². The molecule has 274 valence electrons. The van der Waals surface area contributed by atoms with Crippen molar-refractivity contribution in [1.29, 1.82) is 0 Å². The molecule has 2 aromatic carbocycles. The first-order valence-corrected chi connectivity index (χ1v) is 19.4. The van der Waals surface area contributed by atoms with E-state index in [0.717, 1.165) is 10.1 Å². The van der Waals surface area contributed by atoms with E-state index in [9.17, 15) is 27.6 Å². The maximum Gasteiger partial charge on any atom is 0.415 e. The van der Waals surface area contributed by atoms with E-state index in [1.807, 2.05) is 47.6 Å². The van der Waals surface area contributed by atoms with Gasteiger partial charge in [0.1, 0.15) is 30.2 Å². The van der Waals surface area contributed by atoms with Crippen molar-refractivity contribution in [2.24, 2.45) is 5.92 Å². The fraction of sp³-hybridized carbons (Fsp3) is 0.486. The van der Waals surface area contributed by atoms with Gasteiger partial charge in [-0.3, -0.25) is 19.5 Å². The largest absolute Gasteiger partial charge is 0.488 e. The van der Waals surface area contributed by atoms with Gasteiger partial charge in [-0.15, -0.1) is 0 Å². The van der Waals surface area contributed by atoms with Crippen molar-refractivity contribution in [2.75, 3.05) is 5.32 Å². The second-order valence-corrected chi connectivity index (χ2v) is 19.9. The number of carbonyl (C=O) groups excluding carboxylic acids is 2. The molecular formula is C37H50F3N3O6Si. The number of nitrogens with zero attached hydrogens (tertiary/aromatic N) is 1. The summed E-state index contributed by atoms with van der Waals surface area (Å²) >= 11 is 0. The van der Waals surface area contributed by atoms with E-state index >= 15 is 0 Å². The zero-order valence-corrected chi connectivity index (χ0v) is 31.5. The van der Waals surface area contributed by atoms with Crippen molar-refractivity contribution in [2.45, 2.75) is 111 Å². The highest BCUT2D eigenvalue weighted by molar-refractivity contribution is 6.74. The number of alkyl halides is 3. The molecule has 2 N–H and O–H groups in total. The third kappa shape index (κ3) is 11.2. The van der Waals surface area contributed by atoms with Crippen LogP contribution in [0.25, 0.3) is 11.3 Å². The molecule has 2 atom stereocenters. The first kappa shape index (κ1) is 40.3. The van der Waals surface area contributed by atoms with Gasteiger partial charge in [0, 0.05) is 5.56 Å². The predicted molar refractivity (Wildman–Crippen MR) is 192 cm³/mol. The van der Waals surface area contributed by atoms with E-state index in [1.54, 1.807) is 75.5 Å². The smallest absolute Gasteiger partial charge is 0.415 e. The van der Waals surface area contributed by atoms with Crippen molar-refractivity contribution in [3.05, 3.63) is 82.6 Å². The van der Waals surface area contributed by atoms with Crippen LogP contribution in [0.2, 0.25) is 18.1 Å². The molecule has 0 spiro atoms. The summed E-state index contributed by atoms with van der Waals surface area (Å²) in [6, 6.07) is 17.3. The molecule has 0 aliphatic heterocycles. The number of rotatable bonds is 12. The quantitative estimate of drug-likeness (QED) is 0.182. The van der Waals surface area contributed by atoms with Crippen LogP contribution < -0.4 is 20.9 Å². The van der Waals surface area contributed by atoms with Crippen molar-refractivity contribution in [3.8, 4) is 17.0 Å². The zero-order chi connectivity index (χ0) is 37.7. The lowest BCUT2D eigenvalue weighted by Crippen LogP contribution is -2.59. The normalized spacial score (nSPS) is 13.8. The van der Waals surface area contributed by atoms with Gasteiger partial charge in [0.2, 0.25) is 5.91 Å². The number of anilines is 1. The summed E-state index contributed by atoms with van der Waals surface area (Å²) in [4.78, 5) is 40.3. The number of hydrogen-bond donors (Lipinski definition) is 2. The number of nitrogens with one attached hydrogen (secondary N) is 2. The van der Waals surface area contributed by atoms with E-state index in [-0.39, 0.29) is 18.0 Å². The van der Waals surface area contributed by atoms with Crippen molar-refractivity contribution < 1.29 is 36.7 Å². The molecule has 0 saturated heterocycles. The Labute approximate surface area is 293 Å². The molecule has 0 radical (unpaired) electrons. The molecule has 1 heterocycles. The summed E-state index contributed by atoms with van der Waals surface area (Å²) in [6.45, 7) is 17.0. The van der Waals surface area contributed by atoms with Crippen molar-refractivity contribution >= 4 is 26.0 Å². The maximum atomic E-state index is 14.6. The second kappa shape index (κ2) is 15.8. The average Bonchev–Trinajstić information content (AvgIpc) is 2.98. The van der Waals surface area contributed by atoms with Crippen LogP contribution in [0.3, 0.4) is 0 Å². The highest BCUT2D eigenvalue weighted by Gasteiger charge is 2.52. The lowest BCUT2D eigenvalue weighted by atomic mass is 9.98. The number of aromatic nitrogens is 1. The number of carbonyl (C=O) groups is 2. The van der Waals surface area contributed by atoms with Crippen LogP contribution in [0, 0.1) is 5.92 Å². The molecule has 9 nitrogen and oxygen atoms in total. The molecule has 1 aromatic heterocycles. The summed E-state index contributed by atoms with van der Waals surface area (Å²) in [5.41, 5.74) is 0.0422. The fourth-order valence-corrected chi connectivity index (χ4v) is 6.10. The SMILES string of the molecule is CC(C)C(NC(=O)Cn1c(-c2cccc(OC(C)(C)C)c2)ccc(NC(=O)OCc2ccccc2)c1=O)C(O[Si](C)(C)C(C)(C)C)C(F)(F)F. The van der Waals surface area contributed by atoms with E-state index in [4.69, 9.17) is 13.9 Å². The monoisotopic (exact) mass is 717 g/mol. The Bertz CT molecular complexity index is 1680. The molecule has 0 saturated carbocycles.